The van der Waals surface area contributed by atoms with Gasteiger partial charge in [-0.1, -0.05) is 46.3 Å². The molecule has 0 fully saturated rings. The summed E-state index contributed by atoms with van der Waals surface area (Å²) >= 11 is 3.47. The first-order chi connectivity index (χ1) is 9.78. The average Bonchev–Trinajstić information content (AvgIpc) is 2.86. The van der Waals surface area contributed by atoms with Gasteiger partial charge in [-0.05, 0) is 47.7 Å². The van der Waals surface area contributed by atoms with Crippen LogP contribution < -0.4 is 5.73 Å². The van der Waals surface area contributed by atoms with Gasteiger partial charge in [0.2, 0.25) is 0 Å². The summed E-state index contributed by atoms with van der Waals surface area (Å²) in [7, 11) is 0. The zero-order valence-corrected chi connectivity index (χ0v) is 12.8. The molecule has 0 saturated heterocycles. The molecule has 2 nitrogen and oxygen atoms in total. The smallest absolute Gasteiger partial charge is 0.0516 e. The quantitative estimate of drug-likeness (QED) is 0.772. The number of nitrogens with zero attached hydrogens (tertiary/aromatic N) is 1. The number of hydrogen-bond acceptors (Lipinski definition) is 1. The summed E-state index contributed by atoms with van der Waals surface area (Å²) in [6.45, 7) is 1.57. The van der Waals surface area contributed by atoms with E-state index in [-0.39, 0.29) is 0 Å². The Morgan fingerprint density at radius 2 is 1.80 bits per heavy atom. The zero-order chi connectivity index (χ0) is 13.9. The molecule has 1 heterocycles. The van der Waals surface area contributed by atoms with Gasteiger partial charge in [-0.15, -0.1) is 0 Å². The second-order valence-electron chi connectivity index (χ2n) is 4.96. The van der Waals surface area contributed by atoms with Crippen LogP contribution in [0.3, 0.4) is 0 Å². The second kappa shape index (κ2) is 5.81. The molecule has 0 aliphatic heterocycles. The highest BCUT2D eigenvalue weighted by Gasteiger charge is 2.06. The third-order valence-electron chi connectivity index (χ3n) is 3.55. The minimum absolute atomic E-state index is 0.683. The first-order valence-electron chi connectivity index (χ1n) is 6.79. The Bertz CT molecular complexity index is 713. The molecule has 0 aliphatic rings. The monoisotopic (exact) mass is 328 g/mol. The molecule has 0 unspecified atom stereocenters. The maximum atomic E-state index is 5.73. The van der Waals surface area contributed by atoms with Gasteiger partial charge in [-0.2, -0.15) is 0 Å². The van der Waals surface area contributed by atoms with E-state index >= 15 is 0 Å². The van der Waals surface area contributed by atoms with Gasteiger partial charge in [0.25, 0.3) is 0 Å². The number of para-hydroxylation sites is 1. The molecular weight excluding hydrogens is 312 g/mol. The lowest BCUT2D eigenvalue weighted by Crippen LogP contribution is -2.05. The van der Waals surface area contributed by atoms with Crippen LogP contribution in [-0.2, 0) is 13.0 Å². The molecular formula is C17H17BrN2. The highest BCUT2D eigenvalue weighted by Crippen LogP contribution is 2.22. The molecule has 2 N–H and O–H groups in total. The molecule has 1 aromatic heterocycles. The van der Waals surface area contributed by atoms with E-state index in [1.807, 2.05) is 0 Å². The third kappa shape index (κ3) is 2.65. The summed E-state index contributed by atoms with van der Waals surface area (Å²) in [5.41, 5.74) is 9.66. The zero-order valence-electron chi connectivity index (χ0n) is 11.2. The summed E-state index contributed by atoms with van der Waals surface area (Å²) < 4.78 is 3.42. The number of rotatable bonds is 4. The molecule has 102 valence electrons. The molecule has 0 spiro atoms. The van der Waals surface area contributed by atoms with Gasteiger partial charge in [0.05, 0.1) is 5.52 Å². The molecule has 20 heavy (non-hydrogen) atoms. The van der Waals surface area contributed by atoms with Crippen LogP contribution in [0, 0.1) is 0 Å². The number of fused-ring (bicyclic) bond motifs is 1. The van der Waals surface area contributed by atoms with E-state index in [0.717, 1.165) is 17.4 Å². The second-order valence-corrected chi connectivity index (χ2v) is 5.88. The van der Waals surface area contributed by atoms with E-state index in [1.54, 1.807) is 0 Å². The fourth-order valence-electron chi connectivity index (χ4n) is 2.62. The Hall–Kier alpha value is -1.58. The number of hydrogen-bond donors (Lipinski definition) is 1. The van der Waals surface area contributed by atoms with E-state index in [1.165, 1.54) is 22.0 Å². The lowest BCUT2D eigenvalue weighted by atomic mass is 10.1. The van der Waals surface area contributed by atoms with Crippen molar-refractivity contribution in [2.45, 2.75) is 13.0 Å². The summed E-state index contributed by atoms with van der Waals surface area (Å²) in [4.78, 5) is 0. The Kier molecular flexibility index (Phi) is 3.90. The van der Waals surface area contributed by atoms with Crippen LogP contribution in [0.2, 0.25) is 0 Å². The maximum absolute atomic E-state index is 5.73. The fraction of sp³-hybridized carbons (Fsp3) is 0.176. The van der Waals surface area contributed by atoms with Crippen molar-refractivity contribution in [1.29, 1.82) is 0 Å². The number of halogens is 1. The van der Waals surface area contributed by atoms with Crippen molar-refractivity contribution < 1.29 is 0 Å². The van der Waals surface area contributed by atoms with Crippen molar-refractivity contribution in [3.63, 3.8) is 0 Å². The van der Waals surface area contributed by atoms with Crippen molar-refractivity contribution in [3.05, 3.63) is 70.3 Å². The summed E-state index contributed by atoms with van der Waals surface area (Å²) in [5.74, 6) is 0. The Labute approximate surface area is 127 Å². The summed E-state index contributed by atoms with van der Waals surface area (Å²) in [5, 5.41) is 1.29. The van der Waals surface area contributed by atoms with Crippen LogP contribution in [0.1, 0.15) is 11.1 Å². The topological polar surface area (TPSA) is 30.9 Å². The molecule has 0 radical (unpaired) electrons. The molecule has 0 amide bonds. The number of benzene rings is 2. The van der Waals surface area contributed by atoms with Gasteiger partial charge in [0.1, 0.15) is 0 Å². The van der Waals surface area contributed by atoms with Crippen LogP contribution in [-0.4, -0.2) is 11.1 Å². The third-order valence-corrected chi connectivity index (χ3v) is 4.08. The van der Waals surface area contributed by atoms with Crippen molar-refractivity contribution >= 4 is 26.8 Å². The summed E-state index contributed by atoms with van der Waals surface area (Å²) in [6, 6.07) is 17.1. The van der Waals surface area contributed by atoms with Gasteiger partial charge in [-0.25, -0.2) is 0 Å². The molecule has 3 heteroatoms. The van der Waals surface area contributed by atoms with Crippen LogP contribution in [0.5, 0.6) is 0 Å². The van der Waals surface area contributed by atoms with Gasteiger partial charge < -0.3 is 10.3 Å². The fourth-order valence-corrected chi connectivity index (χ4v) is 2.88. The largest absolute Gasteiger partial charge is 0.343 e. The lowest BCUT2D eigenvalue weighted by Gasteiger charge is -2.10. The van der Waals surface area contributed by atoms with Gasteiger partial charge in [0, 0.05) is 17.2 Å². The highest BCUT2D eigenvalue weighted by atomic mass is 79.9. The predicted molar refractivity (Wildman–Crippen MR) is 87.9 cm³/mol. The van der Waals surface area contributed by atoms with E-state index in [9.17, 15) is 0 Å². The lowest BCUT2D eigenvalue weighted by molar-refractivity contribution is 0.828. The summed E-state index contributed by atoms with van der Waals surface area (Å²) in [6.07, 6.45) is 3.08. The molecule has 0 aliphatic carbocycles. The first-order valence-corrected chi connectivity index (χ1v) is 7.58. The van der Waals surface area contributed by atoms with Crippen molar-refractivity contribution in [2.75, 3.05) is 6.54 Å². The molecule has 3 rings (SSSR count). The normalized spacial score (nSPS) is 11.1. The maximum Gasteiger partial charge on any atom is 0.0516 e. The van der Waals surface area contributed by atoms with E-state index < -0.39 is 0 Å². The van der Waals surface area contributed by atoms with Gasteiger partial charge >= 0.3 is 0 Å². The first kappa shape index (κ1) is 13.4. The highest BCUT2D eigenvalue weighted by molar-refractivity contribution is 9.10. The van der Waals surface area contributed by atoms with Crippen LogP contribution in [0.25, 0.3) is 10.9 Å². The minimum atomic E-state index is 0.683. The minimum Gasteiger partial charge on any atom is -0.343 e. The van der Waals surface area contributed by atoms with Crippen LogP contribution >= 0.6 is 15.9 Å². The average molecular weight is 329 g/mol. The Morgan fingerprint density at radius 1 is 1.00 bits per heavy atom. The van der Waals surface area contributed by atoms with Gasteiger partial charge in [0.15, 0.2) is 0 Å². The van der Waals surface area contributed by atoms with Crippen LogP contribution in [0.15, 0.2) is 59.2 Å². The van der Waals surface area contributed by atoms with Gasteiger partial charge in [-0.3, -0.25) is 0 Å². The predicted octanol–water partition coefficient (Wildman–Crippen LogP) is 3.95. The molecule has 0 atom stereocenters. The number of nitrogens with two attached hydrogens (primary N) is 1. The van der Waals surface area contributed by atoms with E-state index in [2.05, 4.69) is 75.2 Å². The van der Waals surface area contributed by atoms with E-state index in [4.69, 9.17) is 5.73 Å². The Morgan fingerprint density at radius 3 is 2.55 bits per heavy atom. The SMILES string of the molecule is NCCc1cccc2ccn(Cc3ccc(Br)cc3)c12. The van der Waals surface area contributed by atoms with Crippen molar-refractivity contribution in [3.8, 4) is 0 Å². The molecule has 2 aromatic carbocycles. The standard InChI is InChI=1S/C17H17BrN2/c18-16-6-4-13(5-7-16)12-20-11-9-15-3-1-2-14(8-10-19)17(15)20/h1-7,9,11H,8,10,12,19H2. The number of aromatic nitrogens is 1. The van der Waals surface area contributed by atoms with E-state index in [0.29, 0.717) is 6.54 Å². The Balaban J connectivity index is 2.00. The molecule has 0 bridgehead atoms. The molecule has 3 aromatic rings. The van der Waals surface area contributed by atoms with Crippen molar-refractivity contribution in [1.82, 2.24) is 4.57 Å². The van der Waals surface area contributed by atoms with Crippen LogP contribution in [0.4, 0.5) is 0 Å². The molecule has 0 saturated carbocycles. The van der Waals surface area contributed by atoms with Crippen molar-refractivity contribution in [2.24, 2.45) is 5.73 Å².